The second-order valence-corrected chi connectivity index (χ2v) is 6.89. The minimum Gasteiger partial charge on any atom is -0.369 e. The first-order chi connectivity index (χ1) is 11.1. The van der Waals surface area contributed by atoms with Crippen LogP contribution in [0.1, 0.15) is 0 Å². The Hall–Kier alpha value is -1.56. The predicted molar refractivity (Wildman–Crippen MR) is 113 cm³/mol. The fraction of sp³-hybridized carbons (Fsp3) is 0.0556. The highest BCUT2D eigenvalue weighted by Crippen LogP contribution is 2.30. The van der Waals surface area contributed by atoms with Crippen LogP contribution < -0.4 is 10.6 Å². The first-order valence-corrected chi connectivity index (χ1v) is 8.65. The third-order valence-corrected chi connectivity index (χ3v) is 4.78. The zero-order valence-electron chi connectivity index (χ0n) is 12.9. The van der Waals surface area contributed by atoms with Crippen LogP contribution in [0.15, 0.2) is 74.6 Å². The van der Waals surface area contributed by atoms with Crippen molar-refractivity contribution < 1.29 is 0 Å². The molecule has 0 unspecified atom stereocenters. The van der Waals surface area contributed by atoms with Gasteiger partial charge in [-0.05, 0) is 45.6 Å². The lowest BCUT2D eigenvalue weighted by atomic mass is 10.1. The number of rotatable bonds is 2. The lowest BCUT2D eigenvalue weighted by molar-refractivity contribution is 1.23. The average Bonchev–Trinajstić information content (AvgIpc) is 2.57. The summed E-state index contributed by atoms with van der Waals surface area (Å²) in [6.07, 6.45) is 0. The van der Waals surface area contributed by atoms with Gasteiger partial charge in [-0.3, -0.25) is 0 Å². The van der Waals surface area contributed by atoms with Crippen molar-refractivity contribution in [2.75, 3.05) is 11.9 Å². The number of hydrogen-bond donors (Lipinski definition) is 1. The zero-order valence-corrected chi connectivity index (χ0v) is 16.9. The van der Waals surface area contributed by atoms with Crippen molar-refractivity contribution in [3.8, 4) is 0 Å². The Morgan fingerprint density at radius 1 is 1.00 bits per heavy atom. The van der Waals surface area contributed by atoms with Crippen LogP contribution in [0, 0.1) is 0 Å². The average molecular weight is 470 g/mol. The molecule has 6 heteroatoms. The van der Waals surface area contributed by atoms with Crippen LogP contribution in [0.25, 0.3) is 10.8 Å². The molecule has 3 aromatic carbocycles. The van der Waals surface area contributed by atoms with Crippen molar-refractivity contribution in [2.45, 2.75) is 0 Å². The summed E-state index contributed by atoms with van der Waals surface area (Å²) in [5.41, 5.74) is 8.04. The van der Waals surface area contributed by atoms with Crippen LogP contribution in [-0.2, 0) is 0 Å². The van der Waals surface area contributed by atoms with Crippen molar-refractivity contribution in [1.82, 2.24) is 0 Å². The van der Waals surface area contributed by atoms with Gasteiger partial charge in [-0.2, -0.15) is 0 Å². The number of fused-ring (bicyclic) bond motifs is 1. The Morgan fingerprint density at radius 2 is 1.71 bits per heavy atom. The van der Waals surface area contributed by atoms with E-state index in [1.54, 1.807) is 0 Å². The van der Waals surface area contributed by atoms with E-state index in [4.69, 9.17) is 5.73 Å². The molecule has 0 aromatic heterocycles. The third-order valence-electron chi connectivity index (χ3n) is 3.61. The van der Waals surface area contributed by atoms with Gasteiger partial charge in [0.2, 0.25) is 5.96 Å². The highest BCUT2D eigenvalue weighted by molar-refractivity contribution is 9.11. The molecule has 0 saturated heterocycles. The standard InChI is InChI=1S/C18H15Br2N3.ClH/c1-23(17-8-4-6-12-5-2-3-7-14(12)17)18(21)22-16-11-13(19)9-10-15(16)20;/h2-11H,1H3,(H2,21,22);1H. The monoisotopic (exact) mass is 467 g/mol. The van der Waals surface area contributed by atoms with Crippen molar-refractivity contribution in [1.29, 1.82) is 0 Å². The Kier molecular flexibility index (Phi) is 6.27. The summed E-state index contributed by atoms with van der Waals surface area (Å²) in [5.74, 6) is 0.431. The molecular weight excluding hydrogens is 453 g/mol. The number of nitrogens with two attached hydrogens (primary N) is 1. The molecule has 0 fully saturated rings. The Labute approximate surface area is 164 Å². The molecule has 3 aromatic rings. The number of halogens is 3. The van der Waals surface area contributed by atoms with Crippen molar-refractivity contribution in [3.05, 3.63) is 69.6 Å². The first-order valence-electron chi connectivity index (χ1n) is 7.07. The van der Waals surface area contributed by atoms with Gasteiger partial charge in [0, 0.05) is 21.4 Å². The molecule has 3 rings (SSSR count). The summed E-state index contributed by atoms with van der Waals surface area (Å²) in [5, 5.41) is 2.32. The van der Waals surface area contributed by atoms with E-state index in [1.165, 1.54) is 5.39 Å². The van der Waals surface area contributed by atoms with E-state index in [-0.39, 0.29) is 12.4 Å². The Balaban J connectivity index is 0.00000208. The summed E-state index contributed by atoms with van der Waals surface area (Å²) in [4.78, 5) is 6.44. The fourth-order valence-electron chi connectivity index (χ4n) is 2.39. The predicted octanol–water partition coefficient (Wildman–Crippen LogP) is 5.87. The third kappa shape index (κ3) is 3.91. The number of benzene rings is 3. The molecule has 124 valence electrons. The molecule has 0 spiro atoms. The highest BCUT2D eigenvalue weighted by atomic mass is 79.9. The van der Waals surface area contributed by atoms with Gasteiger partial charge < -0.3 is 10.6 Å². The molecular formula is C18H16Br2ClN3. The van der Waals surface area contributed by atoms with E-state index in [2.05, 4.69) is 55.1 Å². The van der Waals surface area contributed by atoms with Gasteiger partial charge in [0.05, 0.1) is 11.4 Å². The van der Waals surface area contributed by atoms with Gasteiger partial charge in [0.15, 0.2) is 0 Å². The SMILES string of the molecule is CN(C(N)=Nc1cc(Br)ccc1Br)c1cccc2ccccc12.Cl. The summed E-state index contributed by atoms with van der Waals surface area (Å²) in [6.45, 7) is 0. The number of aliphatic imine (C=N–C) groups is 1. The quantitative estimate of drug-likeness (QED) is 0.377. The van der Waals surface area contributed by atoms with Gasteiger partial charge >= 0.3 is 0 Å². The molecule has 0 saturated carbocycles. The van der Waals surface area contributed by atoms with Crippen LogP contribution in [0.5, 0.6) is 0 Å². The molecule has 0 heterocycles. The maximum absolute atomic E-state index is 6.23. The Morgan fingerprint density at radius 3 is 2.50 bits per heavy atom. The minimum absolute atomic E-state index is 0. The minimum atomic E-state index is 0. The normalized spacial score (nSPS) is 11.2. The van der Waals surface area contributed by atoms with Gasteiger partial charge in [-0.25, -0.2) is 4.99 Å². The molecule has 0 aliphatic carbocycles. The molecule has 0 aliphatic rings. The van der Waals surface area contributed by atoms with E-state index < -0.39 is 0 Å². The van der Waals surface area contributed by atoms with E-state index in [0.29, 0.717) is 5.96 Å². The zero-order chi connectivity index (χ0) is 16.4. The maximum Gasteiger partial charge on any atom is 0.200 e. The van der Waals surface area contributed by atoms with Crippen LogP contribution in [0.3, 0.4) is 0 Å². The number of guanidine groups is 1. The van der Waals surface area contributed by atoms with E-state index in [0.717, 1.165) is 25.7 Å². The van der Waals surface area contributed by atoms with Crippen molar-refractivity contribution in [3.63, 3.8) is 0 Å². The number of anilines is 1. The van der Waals surface area contributed by atoms with E-state index in [9.17, 15) is 0 Å². The lowest BCUT2D eigenvalue weighted by Gasteiger charge is -2.20. The molecule has 3 nitrogen and oxygen atoms in total. The summed E-state index contributed by atoms with van der Waals surface area (Å²) in [7, 11) is 1.92. The Bertz CT molecular complexity index is 891. The smallest absolute Gasteiger partial charge is 0.200 e. The molecule has 0 aliphatic heterocycles. The summed E-state index contributed by atoms with van der Waals surface area (Å²) in [6, 6.07) is 20.2. The second-order valence-electron chi connectivity index (χ2n) is 5.12. The van der Waals surface area contributed by atoms with Gasteiger partial charge in [0.1, 0.15) is 0 Å². The molecule has 24 heavy (non-hydrogen) atoms. The number of hydrogen-bond acceptors (Lipinski definition) is 1. The molecule has 0 radical (unpaired) electrons. The molecule has 0 bridgehead atoms. The van der Waals surface area contributed by atoms with Crippen LogP contribution in [0.2, 0.25) is 0 Å². The first kappa shape index (κ1) is 18.8. The largest absolute Gasteiger partial charge is 0.369 e. The molecule has 2 N–H and O–H groups in total. The number of nitrogens with zero attached hydrogens (tertiary/aromatic N) is 2. The summed E-state index contributed by atoms with van der Waals surface area (Å²) < 4.78 is 1.86. The van der Waals surface area contributed by atoms with E-state index in [1.807, 2.05) is 54.4 Å². The molecule has 0 atom stereocenters. The lowest BCUT2D eigenvalue weighted by Crippen LogP contribution is -2.33. The summed E-state index contributed by atoms with van der Waals surface area (Å²) >= 11 is 6.96. The topological polar surface area (TPSA) is 41.6 Å². The van der Waals surface area contributed by atoms with Crippen LogP contribution >= 0.6 is 44.3 Å². The van der Waals surface area contributed by atoms with Crippen molar-refractivity contribution >= 4 is 72.4 Å². The fourth-order valence-corrected chi connectivity index (χ4v) is 3.08. The van der Waals surface area contributed by atoms with Crippen LogP contribution in [0.4, 0.5) is 11.4 Å². The van der Waals surface area contributed by atoms with Gasteiger partial charge in [-0.15, -0.1) is 12.4 Å². The molecule has 0 amide bonds. The second kappa shape index (κ2) is 8.01. The van der Waals surface area contributed by atoms with Crippen LogP contribution in [-0.4, -0.2) is 13.0 Å². The van der Waals surface area contributed by atoms with Crippen molar-refractivity contribution in [2.24, 2.45) is 10.7 Å². The highest BCUT2D eigenvalue weighted by Gasteiger charge is 2.10. The van der Waals surface area contributed by atoms with Gasteiger partial charge in [0.25, 0.3) is 0 Å². The van der Waals surface area contributed by atoms with E-state index >= 15 is 0 Å². The maximum atomic E-state index is 6.23. The van der Waals surface area contributed by atoms with Gasteiger partial charge in [-0.1, -0.05) is 52.3 Å².